The van der Waals surface area contributed by atoms with E-state index >= 15 is 0 Å². The summed E-state index contributed by atoms with van der Waals surface area (Å²) in [5.74, 6) is -0.409. The highest BCUT2D eigenvalue weighted by Crippen LogP contribution is 2.36. The fourth-order valence-electron chi connectivity index (χ4n) is 3.76. The van der Waals surface area contributed by atoms with E-state index < -0.39 is 15.9 Å². The second-order valence-corrected chi connectivity index (χ2v) is 9.11. The topological polar surface area (TPSA) is 57.7 Å². The number of hydrogen-bond donors (Lipinski definition) is 0. The molecule has 2 amide bonds. The summed E-state index contributed by atoms with van der Waals surface area (Å²) in [6, 6.07) is 12.4. The number of nitrogens with zero attached hydrogens (tertiary/aromatic N) is 2. The van der Waals surface area contributed by atoms with Crippen molar-refractivity contribution in [1.29, 1.82) is 0 Å². The highest BCUT2D eigenvalue weighted by Gasteiger charge is 2.53. The monoisotopic (exact) mass is 374 g/mol. The van der Waals surface area contributed by atoms with E-state index in [0.29, 0.717) is 5.69 Å². The van der Waals surface area contributed by atoms with Gasteiger partial charge in [0, 0.05) is 12.2 Å². The van der Waals surface area contributed by atoms with E-state index in [2.05, 4.69) is 0 Å². The van der Waals surface area contributed by atoms with Crippen molar-refractivity contribution in [2.24, 2.45) is 0 Å². The molecule has 0 unspecified atom stereocenters. The fourth-order valence-corrected chi connectivity index (χ4v) is 5.71. The number of rotatable bonds is 3. The van der Waals surface area contributed by atoms with Crippen LogP contribution in [0.3, 0.4) is 0 Å². The summed E-state index contributed by atoms with van der Waals surface area (Å²) in [5.41, 5.74) is 2.54. The van der Waals surface area contributed by atoms with Gasteiger partial charge in [0.15, 0.2) is 9.84 Å². The maximum absolute atomic E-state index is 13.1. The van der Waals surface area contributed by atoms with Crippen molar-refractivity contribution >= 4 is 21.6 Å². The molecule has 0 N–H and O–H groups in total. The Morgan fingerprint density at radius 1 is 1.00 bits per heavy atom. The van der Waals surface area contributed by atoms with E-state index in [1.165, 1.54) is 12.1 Å². The molecule has 0 bridgehead atoms. The molecule has 2 aliphatic heterocycles. The summed E-state index contributed by atoms with van der Waals surface area (Å²) in [6.07, 6.45) is 0. The largest absolute Gasteiger partial charge is 0.325 e. The summed E-state index contributed by atoms with van der Waals surface area (Å²) < 4.78 is 37.6. The van der Waals surface area contributed by atoms with Crippen LogP contribution >= 0.6 is 0 Å². The second-order valence-electron chi connectivity index (χ2n) is 6.95. The Balaban J connectivity index is 1.69. The van der Waals surface area contributed by atoms with E-state index in [9.17, 15) is 17.6 Å². The molecule has 0 aromatic heterocycles. The number of halogens is 1. The maximum atomic E-state index is 13.1. The van der Waals surface area contributed by atoms with E-state index in [1.54, 1.807) is 21.9 Å². The average molecular weight is 374 g/mol. The van der Waals surface area contributed by atoms with Gasteiger partial charge in [0.2, 0.25) is 0 Å². The molecule has 2 fully saturated rings. The first kappa shape index (κ1) is 17.0. The lowest BCUT2D eigenvalue weighted by Crippen LogP contribution is -2.37. The Labute approximate surface area is 152 Å². The molecule has 4 rings (SSSR count). The van der Waals surface area contributed by atoms with Gasteiger partial charge in [0.25, 0.3) is 0 Å². The lowest BCUT2D eigenvalue weighted by molar-refractivity contribution is 0.206. The normalized spacial score (nSPS) is 24.2. The van der Waals surface area contributed by atoms with Gasteiger partial charge in [0.05, 0.1) is 23.6 Å². The number of carbonyl (C=O) groups excluding carboxylic acids is 1. The molecule has 2 atom stereocenters. The lowest BCUT2D eigenvalue weighted by Gasteiger charge is -2.22. The molecule has 2 aliphatic rings. The van der Waals surface area contributed by atoms with Gasteiger partial charge in [-0.15, -0.1) is 0 Å². The maximum Gasteiger partial charge on any atom is 0.325 e. The summed E-state index contributed by atoms with van der Waals surface area (Å²) in [4.78, 5) is 16.3. The Bertz CT molecular complexity index is 942. The van der Waals surface area contributed by atoms with Crippen molar-refractivity contribution in [1.82, 2.24) is 4.90 Å². The highest BCUT2D eigenvalue weighted by atomic mass is 32.2. The average Bonchev–Trinajstić information content (AvgIpc) is 3.02. The first-order chi connectivity index (χ1) is 12.3. The minimum absolute atomic E-state index is 0.0306. The van der Waals surface area contributed by atoms with E-state index in [0.717, 1.165) is 11.1 Å². The van der Waals surface area contributed by atoms with Crippen LogP contribution in [0.5, 0.6) is 0 Å². The van der Waals surface area contributed by atoms with Crippen molar-refractivity contribution in [3.05, 3.63) is 65.5 Å². The molecule has 0 radical (unpaired) electrons. The molecule has 26 heavy (non-hydrogen) atoms. The zero-order valence-electron chi connectivity index (χ0n) is 14.3. The van der Waals surface area contributed by atoms with Gasteiger partial charge in [-0.25, -0.2) is 17.6 Å². The highest BCUT2D eigenvalue weighted by molar-refractivity contribution is 7.91. The number of hydrogen-bond acceptors (Lipinski definition) is 3. The zero-order valence-corrected chi connectivity index (χ0v) is 15.1. The SMILES string of the molecule is Cc1ccc(N2C(=O)N(Cc3ccc(F)cc3)[C@@H]3CS(=O)(=O)C[C@@H]32)cc1. The number of anilines is 1. The standard InChI is InChI=1S/C19H19FN2O3S/c1-13-2-8-16(9-3-13)22-18-12-26(24,25)11-17(18)21(19(22)23)10-14-4-6-15(20)7-5-14/h2-9,17-18H,10-12H2,1H3/t17-,18+/m1/s1. The van der Waals surface area contributed by atoms with Gasteiger partial charge < -0.3 is 4.90 Å². The number of aryl methyl sites for hydroxylation is 1. The summed E-state index contributed by atoms with van der Waals surface area (Å²) in [5, 5.41) is 0. The van der Waals surface area contributed by atoms with Crippen molar-refractivity contribution in [2.75, 3.05) is 16.4 Å². The molecule has 7 heteroatoms. The summed E-state index contributed by atoms with van der Waals surface area (Å²) in [7, 11) is -3.21. The smallest absolute Gasteiger partial charge is 0.314 e. The molecule has 0 aliphatic carbocycles. The Morgan fingerprint density at radius 3 is 2.27 bits per heavy atom. The van der Waals surface area contributed by atoms with Gasteiger partial charge in [-0.3, -0.25) is 4.90 Å². The molecular formula is C19H19FN2O3S. The first-order valence-electron chi connectivity index (χ1n) is 8.45. The number of fused-ring (bicyclic) bond motifs is 1. The molecule has 2 heterocycles. The van der Waals surface area contributed by atoms with E-state index in [-0.39, 0.29) is 35.9 Å². The molecule has 2 aromatic rings. The minimum atomic E-state index is -3.21. The quantitative estimate of drug-likeness (QED) is 0.777. The molecule has 0 saturated carbocycles. The van der Waals surface area contributed by atoms with Crippen molar-refractivity contribution in [3.8, 4) is 0 Å². The van der Waals surface area contributed by atoms with E-state index in [1.807, 2.05) is 31.2 Å². The molecule has 0 spiro atoms. The third kappa shape index (κ3) is 2.96. The van der Waals surface area contributed by atoms with Gasteiger partial charge in [-0.05, 0) is 36.8 Å². The third-order valence-electron chi connectivity index (χ3n) is 5.06. The number of urea groups is 1. The lowest BCUT2D eigenvalue weighted by atomic mass is 10.1. The number of sulfone groups is 1. The van der Waals surface area contributed by atoms with E-state index in [4.69, 9.17) is 0 Å². The Kier molecular flexibility index (Phi) is 3.99. The van der Waals surface area contributed by atoms with Crippen LogP contribution in [0.15, 0.2) is 48.5 Å². The summed E-state index contributed by atoms with van der Waals surface area (Å²) in [6.45, 7) is 2.22. The zero-order chi connectivity index (χ0) is 18.5. The third-order valence-corrected chi connectivity index (χ3v) is 6.75. The fraction of sp³-hybridized carbons (Fsp3) is 0.316. The van der Waals surface area contributed by atoms with Crippen LogP contribution in [-0.4, -0.2) is 42.9 Å². The van der Waals surface area contributed by atoms with Crippen LogP contribution < -0.4 is 4.90 Å². The van der Waals surface area contributed by atoms with Crippen LogP contribution in [0, 0.1) is 12.7 Å². The van der Waals surface area contributed by atoms with Gasteiger partial charge in [0.1, 0.15) is 5.82 Å². The van der Waals surface area contributed by atoms with Crippen LogP contribution in [-0.2, 0) is 16.4 Å². The number of benzene rings is 2. The van der Waals surface area contributed by atoms with Crippen molar-refractivity contribution in [3.63, 3.8) is 0 Å². The van der Waals surface area contributed by atoms with Crippen LogP contribution in [0.1, 0.15) is 11.1 Å². The molecule has 5 nitrogen and oxygen atoms in total. The molecule has 2 aromatic carbocycles. The molecule has 136 valence electrons. The minimum Gasteiger partial charge on any atom is -0.314 e. The Morgan fingerprint density at radius 2 is 1.62 bits per heavy atom. The van der Waals surface area contributed by atoms with Gasteiger partial charge in [-0.1, -0.05) is 29.8 Å². The predicted octanol–water partition coefficient (Wildman–Crippen LogP) is 2.74. The molecular weight excluding hydrogens is 355 g/mol. The van der Waals surface area contributed by atoms with Crippen molar-refractivity contribution < 1.29 is 17.6 Å². The van der Waals surface area contributed by atoms with Gasteiger partial charge >= 0.3 is 6.03 Å². The predicted molar refractivity (Wildman–Crippen MR) is 97.2 cm³/mol. The molecule has 2 saturated heterocycles. The number of amides is 2. The second kappa shape index (κ2) is 6.09. The number of carbonyl (C=O) groups is 1. The Hall–Kier alpha value is -2.41. The summed E-state index contributed by atoms with van der Waals surface area (Å²) >= 11 is 0. The van der Waals surface area contributed by atoms with Crippen LogP contribution in [0.25, 0.3) is 0 Å². The van der Waals surface area contributed by atoms with Gasteiger partial charge in [-0.2, -0.15) is 0 Å². The van der Waals surface area contributed by atoms with Crippen LogP contribution in [0.2, 0.25) is 0 Å². The first-order valence-corrected chi connectivity index (χ1v) is 10.3. The van der Waals surface area contributed by atoms with Crippen molar-refractivity contribution in [2.45, 2.75) is 25.6 Å². The van der Waals surface area contributed by atoms with Crippen LogP contribution in [0.4, 0.5) is 14.9 Å².